The van der Waals surface area contributed by atoms with Crippen LogP contribution in [0.5, 0.6) is 0 Å². The van der Waals surface area contributed by atoms with Gasteiger partial charge in [-0.2, -0.15) is 0 Å². The summed E-state index contributed by atoms with van der Waals surface area (Å²) in [6.07, 6.45) is 3.52. The van der Waals surface area contributed by atoms with E-state index < -0.39 is 5.54 Å². The Hall–Kier alpha value is -1.84. The van der Waals surface area contributed by atoms with E-state index in [1.807, 2.05) is 10.6 Å². The first-order valence-corrected chi connectivity index (χ1v) is 7.92. The highest BCUT2D eigenvalue weighted by atomic mass is 16.3. The lowest BCUT2D eigenvalue weighted by molar-refractivity contribution is -0.113. The third-order valence-electron chi connectivity index (χ3n) is 5.00. The minimum atomic E-state index is -0.615. The molecule has 2 aliphatic rings. The molecule has 4 heteroatoms. The molecule has 0 saturated heterocycles. The van der Waals surface area contributed by atoms with Crippen LogP contribution in [-0.2, 0) is 15.7 Å². The topological polar surface area (TPSA) is 59.3 Å². The van der Waals surface area contributed by atoms with E-state index in [-0.39, 0.29) is 28.3 Å². The highest BCUT2D eigenvalue weighted by Crippen LogP contribution is 2.49. The summed E-state index contributed by atoms with van der Waals surface area (Å²) in [5, 5.41) is 10.8. The van der Waals surface area contributed by atoms with E-state index in [0.717, 1.165) is 31.4 Å². The van der Waals surface area contributed by atoms with E-state index in [1.54, 1.807) is 6.07 Å². The van der Waals surface area contributed by atoms with Crippen molar-refractivity contribution in [1.82, 2.24) is 4.57 Å². The van der Waals surface area contributed by atoms with Crippen LogP contribution in [0.3, 0.4) is 0 Å². The Bertz CT molecular complexity index is 694. The molecule has 1 saturated carbocycles. The lowest BCUT2D eigenvalue weighted by Gasteiger charge is -2.40. The predicted molar refractivity (Wildman–Crippen MR) is 84.2 cm³/mol. The Balaban J connectivity index is 2.35. The summed E-state index contributed by atoms with van der Waals surface area (Å²) < 4.78 is 2.02. The van der Waals surface area contributed by atoms with Gasteiger partial charge in [0.25, 0.3) is 0 Å². The largest absolute Gasteiger partial charge is 0.509 e. The number of allylic oxidation sites excluding steroid dienone is 2. The molecule has 0 radical (unpaired) electrons. The molecule has 1 aliphatic carbocycles. The maximum absolute atomic E-state index is 12.7. The first-order valence-electron chi connectivity index (χ1n) is 7.92. The van der Waals surface area contributed by atoms with Crippen molar-refractivity contribution in [2.24, 2.45) is 0 Å². The molecule has 118 valence electrons. The van der Waals surface area contributed by atoms with Crippen molar-refractivity contribution in [3.8, 4) is 0 Å². The molecule has 22 heavy (non-hydrogen) atoms. The summed E-state index contributed by atoms with van der Waals surface area (Å²) in [5.41, 5.74) is 0.799. The quantitative estimate of drug-likeness (QED) is 0.805. The van der Waals surface area contributed by atoms with E-state index in [9.17, 15) is 14.7 Å². The molecule has 4 nitrogen and oxygen atoms in total. The number of aliphatic hydroxyl groups is 1. The fourth-order valence-corrected chi connectivity index (χ4v) is 3.98. The summed E-state index contributed by atoms with van der Waals surface area (Å²) in [6.45, 7) is 7.66. The van der Waals surface area contributed by atoms with E-state index in [4.69, 9.17) is 0 Å². The smallest absolute Gasteiger partial charge is 0.216 e. The van der Waals surface area contributed by atoms with E-state index >= 15 is 0 Å². The Morgan fingerprint density at radius 1 is 1.23 bits per heavy atom. The van der Waals surface area contributed by atoms with Crippen LogP contribution in [0, 0.1) is 0 Å². The summed E-state index contributed by atoms with van der Waals surface area (Å²) in [4.78, 5) is 24.6. The normalized spacial score (nSPS) is 20.6. The van der Waals surface area contributed by atoms with Gasteiger partial charge in [0.15, 0.2) is 5.78 Å². The second-order valence-corrected chi connectivity index (χ2v) is 7.54. The Morgan fingerprint density at radius 3 is 2.32 bits per heavy atom. The van der Waals surface area contributed by atoms with Crippen molar-refractivity contribution >= 4 is 11.6 Å². The number of rotatable bonds is 1. The van der Waals surface area contributed by atoms with Crippen molar-refractivity contribution in [2.45, 2.75) is 64.3 Å². The Morgan fingerprint density at radius 2 is 1.82 bits per heavy atom. The lowest BCUT2D eigenvalue weighted by Crippen LogP contribution is -2.44. The molecule has 0 aromatic carbocycles. The van der Waals surface area contributed by atoms with Gasteiger partial charge in [0.05, 0.1) is 5.69 Å². The van der Waals surface area contributed by atoms with Crippen molar-refractivity contribution in [3.05, 3.63) is 34.9 Å². The number of hydrogen-bond acceptors (Lipinski definition) is 3. The first kappa shape index (κ1) is 15.1. The highest BCUT2D eigenvalue weighted by Gasteiger charge is 2.50. The average molecular weight is 301 g/mol. The second kappa shape index (κ2) is 4.58. The van der Waals surface area contributed by atoms with Crippen molar-refractivity contribution in [1.29, 1.82) is 0 Å². The fourth-order valence-electron chi connectivity index (χ4n) is 3.98. The van der Waals surface area contributed by atoms with Crippen LogP contribution < -0.4 is 0 Å². The lowest BCUT2D eigenvalue weighted by atomic mass is 9.82. The number of hydrogen-bond donors (Lipinski definition) is 1. The van der Waals surface area contributed by atoms with Crippen LogP contribution in [0.15, 0.2) is 23.5 Å². The van der Waals surface area contributed by atoms with E-state index in [1.165, 1.54) is 6.92 Å². The van der Waals surface area contributed by atoms with Gasteiger partial charge in [-0.25, -0.2) is 0 Å². The zero-order valence-corrected chi connectivity index (χ0v) is 13.7. The van der Waals surface area contributed by atoms with Gasteiger partial charge in [-0.05, 0) is 31.9 Å². The number of carbonyl (C=O) groups is 2. The van der Waals surface area contributed by atoms with Gasteiger partial charge in [-0.1, -0.05) is 33.6 Å². The molecule has 1 fully saturated rings. The molecule has 1 N–H and O–H groups in total. The molecule has 0 atom stereocenters. The number of fused-ring (bicyclic) bond motifs is 2. The second-order valence-electron chi connectivity index (χ2n) is 7.54. The zero-order chi connectivity index (χ0) is 16.3. The number of carbonyl (C=O) groups excluding carboxylic acids is 2. The van der Waals surface area contributed by atoms with Crippen LogP contribution in [0.1, 0.15) is 69.6 Å². The molecule has 0 amide bonds. The van der Waals surface area contributed by atoms with Crippen molar-refractivity contribution in [2.75, 3.05) is 0 Å². The van der Waals surface area contributed by atoms with Crippen LogP contribution in [0.2, 0.25) is 0 Å². The minimum absolute atomic E-state index is 0.0169. The Kier molecular flexibility index (Phi) is 3.13. The average Bonchev–Trinajstić information content (AvgIpc) is 3.03. The predicted octanol–water partition coefficient (Wildman–Crippen LogP) is 3.65. The number of nitrogens with zero attached hydrogens (tertiary/aromatic N) is 1. The molecular weight excluding hydrogens is 278 g/mol. The summed E-state index contributed by atoms with van der Waals surface area (Å²) in [5.74, 6) is -0.715. The van der Waals surface area contributed by atoms with Gasteiger partial charge in [-0.3, -0.25) is 9.59 Å². The van der Waals surface area contributed by atoms with Gasteiger partial charge < -0.3 is 9.67 Å². The number of aromatic nitrogens is 1. The van der Waals surface area contributed by atoms with E-state index in [2.05, 4.69) is 20.8 Å². The van der Waals surface area contributed by atoms with Gasteiger partial charge in [0.2, 0.25) is 5.78 Å². The van der Waals surface area contributed by atoms with Crippen molar-refractivity contribution < 1.29 is 14.7 Å². The van der Waals surface area contributed by atoms with Gasteiger partial charge >= 0.3 is 0 Å². The van der Waals surface area contributed by atoms with Crippen LogP contribution in [0.4, 0.5) is 0 Å². The van der Waals surface area contributed by atoms with Crippen LogP contribution in [0.25, 0.3) is 0 Å². The van der Waals surface area contributed by atoms with E-state index in [0.29, 0.717) is 5.69 Å². The summed E-state index contributed by atoms with van der Waals surface area (Å²) in [6, 6.07) is 3.77. The van der Waals surface area contributed by atoms with Crippen LogP contribution in [-0.4, -0.2) is 21.2 Å². The molecule has 0 unspecified atom stereocenters. The summed E-state index contributed by atoms with van der Waals surface area (Å²) in [7, 11) is 0. The summed E-state index contributed by atoms with van der Waals surface area (Å²) >= 11 is 0. The van der Waals surface area contributed by atoms with Gasteiger partial charge in [0, 0.05) is 11.1 Å². The third kappa shape index (κ3) is 1.82. The molecule has 1 spiro atoms. The molecule has 0 bridgehead atoms. The Labute approximate surface area is 130 Å². The number of aliphatic hydroxyl groups excluding tert-OH is 1. The molecule has 3 rings (SSSR count). The van der Waals surface area contributed by atoms with Gasteiger partial charge in [0.1, 0.15) is 16.9 Å². The SMILES string of the molecule is CC(=O)C1=C(O)C2(CCCC2)n2c(ccc2C(C)(C)C)C1=O. The zero-order valence-electron chi connectivity index (χ0n) is 13.7. The monoisotopic (exact) mass is 301 g/mol. The first-order chi connectivity index (χ1) is 10.2. The standard InChI is InChI=1S/C18H23NO3/c1-11(20)14-15(21)12-7-8-13(17(2,3)4)19(12)18(16(14)22)9-5-6-10-18/h7-8,22H,5-6,9-10H2,1-4H3. The van der Waals surface area contributed by atoms with Crippen LogP contribution >= 0.6 is 0 Å². The third-order valence-corrected chi connectivity index (χ3v) is 5.00. The fraction of sp³-hybridized carbons (Fsp3) is 0.556. The molecule has 1 aromatic rings. The van der Waals surface area contributed by atoms with Crippen molar-refractivity contribution in [3.63, 3.8) is 0 Å². The maximum Gasteiger partial charge on any atom is 0.216 e. The number of Topliss-reactive ketones (excluding diaryl/α,β-unsaturated/α-hetero) is 2. The number of ketones is 2. The molecular formula is C18H23NO3. The van der Waals surface area contributed by atoms with Gasteiger partial charge in [-0.15, -0.1) is 0 Å². The molecule has 1 aliphatic heterocycles. The molecule has 2 heterocycles. The molecule has 1 aromatic heterocycles. The highest BCUT2D eigenvalue weighted by molar-refractivity contribution is 6.26. The minimum Gasteiger partial charge on any atom is -0.509 e. The maximum atomic E-state index is 12.7.